The van der Waals surface area contributed by atoms with Crippen molar-refractivity contribution in [1.82, 2.24) is 0 Å². The maximum Gasteiger partial charge on any atom is 1.00 e. The molecule has 0 unspecified atom stereocenters. The molecule has 2 N–H and O–H groups in total. The van der Waals surface area contributed by atoms with Crippen LogP contribution in [-0.2, 0) is 14.3 Å². The molecule has 6 heteroatoms. The zero-order valence-electron chi connectivity index (χ0n) is 15.9. The van der Waals surface area contributed by atoms with E-state index in [-0.39, 0.29) is 29.6 Å². The van der Waals surface area contributed by atoms with Crippen molar-refractivity contribution in [3.05, 3.63) is 6.42 Å². The molecular weight excluding hydrogens is 319 g/mol. The number of unbranched alkanes of at least 4 members (excludes halogenated alkanes) is 11. The average molecular weight is 354 g/mol. The van der Waals surface area contributed by atoms with E-state index >= 15 is 0 Å². The van der Waals surface area contributed by atoms with Crippen LogP contribution in [0.25, 0.3) is 0 Å². The predicted molar refractivity (Wildman–Crippen MR) is 92.5 cm³/mol. The predicted octanol–water partition coefficient (Wildman–Crippen LogP) is 1.70. The number of ether oxygens (including phenoxy) is 1. The summed E-state index contributed by atoms with van der Waals surface area (Å²) in [7, 11) is 0. The van der Waals surface area contributed by atoms with Crippen molar-refractivity contribution in [3.8, 4) is 0 Å². The summed E-state index contributed by atoms with van der Waals surface area (Å²) in [5.74, 6) is -2.34. The molecule has 0 saturated carbocycles. The standard InChI is InChI=1S/C14H29.C4H6O5.Na/c1-3-5-7-9-11-13-14-12-10-8-6-4-2;5-3(6)1-9-2-4(7)8;/h7H,3-6,8-14H2,1-2H3;1-2H2,(H,5,6)(H,7,8);/q-1;;+1. The van der Waals surface area contributed by atoms with Gasteiger partial charge in [0.2, 0.25) is 0 Å². The molecule has 0 aromatic carbocycles. The van der Waals surface area contributed by atoms with Crippen LogP contribution in [0.1, 0.15) is 84.5 Å². The maximum absolute atomic E-state index is 9.66. The van der Waals surface area contributed by atoms with Crippen molar-refractivity contribution < 1.29 is 54.1 Å². The fraction of sp³-hybridized carbons (Fsp3) is 0.833. The first-order chi connectivity index (χ1) is 11.0. The SMILES string of the molecule is CCC[CH-]CCCCCCCCCC.O=C(O)COCC(=O)O.[Na+]. The van der Waals surface area contributed by atoms with Crippen LogP contribution >= 0.6 is 0 Å². The van der Waals surface area contributed by atoms with E-state index in [9.17, 15) is 9.59 Å². The number of carbonyl (C=O) groups is 2. The first-order valence-corrected chi connectivity index (χ1v) is 8.87. The number of hydrogen-bond donors (Lipinski definition) is 2. The quantitative estimate of drug-likeness (QED) is 0.266. The zero-order chi connectivity index (χ0) is 17.8. The van der Waals surface area contributed by atoms with E-state index in [0.717, 1.165) is 0 Å². The van der Waals surface area contributed by atoms with Gasteiger partial charge < -0.3 is 21.4 Å². The van der Waals surface area contributed by atoms with Crippen LogP contribution < -0.4 is 29.6 Å². The molecule has 0 aliphatic carbocycles. The average Bonchev–Trinajstić information content (AvgIpc) is 2.49. The number of hydrogen-bond acceptors (Lipinski definition) is 3. The molecule has 0 spiro atoms. The summed E-state index contributed by atoms with van der Waals surface area (Å²) in [5.41, 5.74) is 0. The van der Waals surface area contributed by atoms with E-state index in [1.165, 1.54) is 70.6 Å². The molecule has 0 aliphatic rings. The largest absolute Gasteiger partial charge is 1.00 e. The Labute approximate surface area is 169 Å². The third kappa shape index (κ3) is 33.5. The number of carboxylic acid groups (broad SMARTS) is 2. The number of carboxylic acids is 2. The second-order valence-corrected chi connectivity index (χ2v) is 5.62. The summed E-state index contributed by atoms with van der Waals surface area (Å²) in [6, 6.07) is 0. The molecule has 138 valence electrons. The fourth-order valence-electron chi connectivity index (χ4n) is 2.00. The topological polar surface area (TPSA) is 83.8 Å². The minimum Gasteiger partial charge on any atom is -0.480 e. The molecule has 0 fully saturated rings. The van der Waals surface area contributed by atoms with Gasteiger partial charge in [0.1, 0.15) is 13.2 Å². The Morgan fingerprint density at radius 1 is 0.750 bits per heavy atom. The van der Waals surface area contributed by atoms with Crippen molar-refractivity contribution in [1.29, 1.82) is 0 Å². The summed E-state index contributed by atoms with van der Waals surface area (Å²) in [5, 5.41) is 15.8. The van der Waals surface area contributed by atoms with Crippen LogP contribution in [0.5, 0.6) is 0 Å². The van der Waals surface area contributed by atoms with E-state index < -0.39 is 25.2 Å². The Kier molecular flexibility index (Phi) is 30.1. The molecule has 0 heterocycles. The van der Waals surface area contributed by atoms with E-state index in [0.29, 0.717) is 0 Å². The molecule has 0 aromatic rings. The van der Waals surface area contributed by atoms with Gasteiger partial charge in [-0.2, -0.15) is 12.8 Å². The van der Waals surface area contributed by atoms with Crippen molar-refractivity contribution in [2.24, 2.45) is 0 Å². The molecule has 24 heavy (non-hydrogen) atoms. The molecular formula is C18H35NaO5. The Morgan fingerprint density at radius 3 is 1.62 bits per heavy atom. The fourth-order valence-corrected chi connectivity index (χ4v) is 2.00. The van der Waals surface area contributed by atoms with Gasteiger partial charge in [0.05, 0.1) is 0 Å². The molecule has 0 aliphatic heterocycles. The summed E-state index contributed by atoms with van der Waals surface area (Å²) >= 11 is 0. The van der Waals surface area contributed by atoms with E-state index in [1.807, 2.05) is 0 Å². The molecule has 0 atom stereocenters. The van der Waals surface area contributed by atoms with Gasteiger partial charge in [0.15, 0.2) is 0 Å². The minimum atomic E-state index is -1.17. The minimum absolute atomic E-state index is 0. The van der Waals surface area contributed by atoms with Gasteiger partial charge in [-0.15, -0.1) is 0 Å². The number of aliphatic carboxylic acids is 2. The maximum atomic E-state index is 9.66. The summed E-state index contributed by atoms with van der Waals surface area (Å²) in [4.78, 5) is 19.3. The van der Waals surface area contributed by atoms with Gasteiger partial charge in [0.25, 0.3) is 0 Å². The van der Waals surface area contributed by atoms with Crippen molar-refractivity contribution in [3.63, 3.8) is 0 Å². The van der Waals surface area contributed by atoms with Gasteiger partial charge in [-0.3, -0.25) is 0 Å². The molecule has 5 nitrogen and oxygen atoms in total. The zero-order valence-corrected chi connectivity index (χ0v) is 17.9. The van der Waals surface area contributed by atoms with Crippen LogP contribution in [0, 0.1) is 6.42 Å². The second kappa shape index (κ2) is 25.1. The van der Waals surface area contributed by atoms with E-state index in [4.69, 9.17) is 10.2 Å². The Hall–Kier alpha value is -0.100. The monoisotopic (exact) mass is 354 g/mol. The van der Waals surface area contributed by atoms with Gasteiger partial charge in [-0.25, -0.2) is 9.59 Å². The molecule has 0 saturated heterocycles. The molecule has 0 bridgehead atoms. The molecule has 0 aromatic heterocycles. The molecule has 0 amide bonds. The Morgan fingerprint density at radius 2 is 1.21 bits per heavy atom. The van der Waals surface area contributed by atoms with Crippen molar-refractivity contribution >= 4 is 11.9 Å². The van der Waals surface area contributed by atoms with Gasteiger partial charge in [0, 0.05) is 0 Å². The van der Waals surface area contributed by atoms with Crippen LogP contribution in [0.4, 0.5) is 0 Å². The van der Waals surface area contributed by atoms with E-state index in [2.05, 4.69) is 25.0 Å². The van der Waals surface area contributed by atoms with Crippen molar-refractivity contribution in [2.75, 3.05) is 13.2 Å². The van der Waals surface area contributed by atoms with Crippen LogP contribution in [0.3, 0.4) is 0 Å². The Balaban J connectivity index is -0.000000385. The second-order valence-electron chi connectivity index (χ2n) is 5.62. The molecule has 0 radical (unpaired) electrons. The number of rotatable bonds is 15. The van der Waals surface area contributed by atoms with Gasteiger partial charge in [-0.05, 0) is 0 Å². The normalized spacial score (nSPS) is 9.58. The van der Waals surface area contributed by atoms with Crippen LogP contribution in [0.15, 0.2) is 0 Å². The van der Waals surface area contributed by atoms with Gasteiger partial charge in [-0.1, -0.05) is 71.6 Å². The first kappa shape index (κ1) is 28.7. The third-order valence-corrected chi connectivity index (χ3v) is 3.21. The van der Waals surface area contributed by atoms with Gasteiger partial charge >= 0.3 is 41.5 Å². The summed E-state index contributed by atoms with van der Waals surface area (Å²) in [6.45, 7) is 3.41. The third-order valence-electron chi connectivity index (χ3n) is 3.21. The first-order valence-electron chi connectivity index (χ1n) is 8.87. The smallest absolute Gasteiger partial charge is 0.480 e. The van der Waals surface area contributed by atoms with E-state index in [1.54, 1.807) is 0 Å². The van der Waals surface area contributed by atoms with Crippen molar-refractivity contribution in [2.45, 2.75) is 84.5 Å². The van der Waals surface area contributed by atoms with Crippen LogP contribution in [0.2, 0.25) is 0 Å². The Bertz CT molecular complexity index is 246. The molecule has 0 rings (SSSR count). The van der Waals surface area contributed by atoms with Crippen LogP contribution in [-0.4, -0.2) is 35.4 Å². The summed E-state index contributed by atoms with van der Waals surface area (Å²) < 4.78 is 4.16. The summed E-state index contributed by atoms with van der Waals surface area (Å²) in [6.07, 6.45) is 18.0.